The van der Waals surface area contributed by atoms with Crippen LogP contribution in [-0.4, -0.2) is 26.6 Å². The van der Waals surface area contributed by atoms with E-state index in [1.54, 1.807) is 18.2 Å². The van der Waals surface area contributed by atoms with Crippen molar-refractivity contribution in [2.75, 3.05) is 12.3 Å². The van der Waals surface area contributed by atoms with E-state index in [4.69, 9.17) is 11.6 Å². The topological polar surface area (TPSA) is 75.3 Å². The Hall–Kier alpha value is -1.11. The Morgan fingerprint density at radius 2 is 2.00 bits per heavy atom. The maximum absolute atomic E-state index is 11.4. The van der Waals surface area contributed by atoms with E-state index in [1.807, 2.05) is 6.07 Å². The number of sulfonamides is 1. The molecule has 0 aromatic heterocycles. The highest BCUT2D eigenvalue weighted by Crippen LogP contribution is 2.13. The molecule has 0 atom stereocenters. The minimum absolute atomic E-state index is 0.0508. The molecule has 100 valence electrons. The number of carbonyl (C=O) groups is 1. The van der Waals surface area contributed by atoms with Gasteiger partial charge in [0.15, 0.2) is 0 Å². The molecule has 0 bridgehead atoms. The standard InChI is InChI=1S/C11H15ClN2O3S/c1-2-18(16,17)14-8-11(15)13-7-9-5-3-4-6-10(9)12/h3-6,14H,2,7-8H2,1H3,(H,13,15). The van der Waals surface area contributed by atoms with Gasteiger partial charge < -0.3 is 5.32 Å². The van der Waals surface area contributed by atoms with Crippen molar-refractivity contribution < 1.29 is 13.2 Å². The number of nitrogens with one attached hydrogen (secondary N) is 2. The first kappa shape index (κ1) is 14.9. The van der Waals surface area contributed by atoms with Crippen LogP contribution < -0.4 is 10.0 Å². The van der Waals surface area contributed by atoms with Gasteiger partial charge in [0, 0.05) is 11.6 Å². The van der Waals surface area contributed by atoms with Crippen molar-refractivity contribution in [3.05, 3.63) is 34.9 Å². The highest BCUT2D eigenvalue weighted by atomic mass is 35.5. The highest BCUT2D eigenvalue weighted by Gasteiger charge is 2.09. The maximum Gasteiger partial charge on any atom is 0.235 e. The zero-order valence-corrected chi connectivity index (χ0v) is 11.5. The van der Waals surface area contributed by atoms with Gasteiger partial charge in [-0.1, -0.05) is 29.8 Å². The molecule has 0 saturated carbocycles. The van der Waals surface area contributed by atoms with Crippen molar-refractivity contribution in [1.29, 1.82) is 0 Å². The Balaban J connectivity index is 2.41. The van der Waals surface area contributed by atoms with E-state index in [0.717, 1.165) is 5.56 Å². The van der Waals surface area contributed by atoms with Gasteiger partial charge >= 0.3 is 0 Å². The second kappa shape index (κ2) is 6.72. The minimum atomic E-state index is -3.34. The molecule has 0 heterocycles. The quantitative estimate of drug-likeness (QED) is 0.817. The molecule has 0 aliphatic carbocycles. The molecule has 0 aliphatic rings. The summed E-state index contributed by atoms with van der Waals surface area (Å²) in [5.74, 6) is -0.447. The monoisotopic (exact) mass is 290 g/mol. The van der Waals surface area contributed by atoms with Crippen LogP contribution in [0.2, 0.25) is 5.02 Å². The van der Waals surface area contributed by atoms with E-state index in [0.29, 0.717) is 5.02 Å². The van der Waals surface area contributed by atoms with Crippen molar-refractivity contribution in [2.24, 2.45) is 0 Å². The molecule has 0 spiro atoms. The number of rotatable bonds is 6. The lowest BCUT2D eigenvalue weighted by atomic mass is 10.2. The fraction of sp³-hybridized carbons (Fsp3) is 0.364. The fourth-order valence-electron chi connectivity index (χ4n) is 1.18. The van der Waals surface area contributed by atoms with Crippen molar-refractivity contribution in [2.45, 2.75) is 13.5 Å². The van der Waals surface area contributed by atoms with Crippen LogP contribution >= 0.6 is 11.6 Å². The van der Waals surface area contributed by atoms with Crippen LogP contribution in [0.25, 0.3) is 0 Å². The Morgan fingerprint density at radius 3 is 2.61 bits per heavy atom. The third-order valence-corrected chi connectivity index (χ3v) is 3.98. The average Bonchev–Trinajstić information content (AvgIpc) is 2.35. The minimum Gasteiger partial charge on any atom is -0.351 e. The lowest BCUT2D eigenvalue weighted by Gasteiger charge is -2.07. The highest BCUT2D eigenvalue weighted by molar-refractivity contribution is 7.89. The van der Waals surface area contributed by atoms with Crippen molar-refractivity contribution in [3.63, 3.8) is 0 Å². The summed E-state index contributed by atoms with van der Waals surface area (Å²) >= 11 is 5.92. The zero-order valence-electron chi connectivity index (χ0n) is 9.94. The number of amides is 1. The van der Waals surface area contributed by atoms with E-state index in [9.17, 15) is 13.2 Å². The van der Waals surface area contributed by atoms with Crippen LogP contribution in [0.4, 0.5) is 0 Å². The Kier molecular flexibility index (Phi) is 5.58. The maximum atomic E-state index is 11.4. The lowest BCUT2D eigenvalue weighted by Crippen LogP contribution is -2.37. The molecule has 5 nitrogen and oxygen atoms in total. The number of hydrogen-bond donors (Lipinski definition) is 2. The second-order valence-electron chi connectivity index (χ2n) is 3.59. The van der Waals surface area contributed by atoms with Gasteiger partial charge in [-0.15, -0.1) is 0 Å². The van der Waals surface area contributed by atoms with Crippen molar-refractivity contribution >= 4 is 27.5 Å². The Bertz CT molecular complexity index is 517. The molecule has 0 fully saturated rings. The van der Waals surface area contributed by atoms with E-state index >= 15 is 0 Å². The van der Waals surface area contributed by atoms with Crippen LogP contribution in [0.3, 0.4) is 0 Å². The van der Waals surface area contributed by atoms with E-state index < -0.39 is 15.9 Å². The summed E-state index contributed by atoms with van der Waals surface area (Å²) in [6.07, 6.45) is 0. The van der Waals surface area contributed by atoms with Crippen molar-refractivity contribution in [1.82, 2.24) is 10.0 Å². The molecule has 18 heavy (non-hydrogen) atoms. The third-order valence-electron chi connectivity index (χ3n) is 2.27. The molecule has 2 N–H and O–H groups in total. The molecule has 0 saturated heterocycles. The molecule has 0 unspecified atom stereocenters. The van der Waals surface area contributed by atoms with Crippen LogP contribution in [0.15, 0.2) is 24.3 Å². The first-order valence-electron chi connectivity index (χ1n) is 5.42. The summed E-state index contributed by atoms with van der Waals surface area (Å²) in [6.45, 7) is 1.51. The molecule has 1 rings (SSSR count). The van der Waals surface area contributed by atoms with Gasteiger partial charge in [0.05, 0.1) is 12.3 Å². The van der Waals surface area contributed by atoms with Crippen LogP contribution in [-0.2, 0) is 21.4 Å². The largest absolute Gasteiger partial charge is 0.351 e. The van der Waals surface area contributed by atoms with Gasteiger partial charge in [0.25, 0.3) is 0 Å². The van der Waals surface area contributed by atoms with E-state index in [-0.39, 0.29) is 18.8 Å². The van der Waals surface area contributed by atoms with E-state index in [2.05, 4.69) is 10.0 Å². The normalized spacial score (nSPS) is 11.2. The molecular formula is C11H15ClN2O3S. The van der Waals surface area contributed by atoms with Crippen LogP contribution in [0, 0.1) is 0 Å². The molecule has 0 aliphatic heterocycles. The summed E-state index contributed by atoms with van der Waals surface area (Å²) in [5.41, 5.74) is 0.783. The average molecular weight is 291 g/mol. The first-order valence-corrected chi connectivity index (χ1v) is 7.45. The van der Waals surface area contributed by atoms with Gasteiger partial charge in [0.2, 0.25) is 15.9 Å². The van der Waals surface area contributed by atoms with Crippen LogP contribution in [0.1, 0.15) is 12.5 Å². The van der Waals surface area contributed by atoms with Gasteiger partial charge in [-0.25, -0.2) is 13.1 Å². The second-order valence-corrected chi connectivity index (χ2v) is 6.10. The van der Waals surface area contributed by atoms with Gasteiger partial charge in [-0.05, 0) is 18.6 Å². The smallest absolute Gasteiger partial charge is 0.235 e. The molecule has 1 aromatic carbocycles. The first-order chi connectivity index (χ1) is 8.44. The summed E-state index contributed by atoms with van der Waals surface area (Å²) in [6, 6.07) is 7.12. The van der Waals surface area contributed by atoms with Gasteiger partial charge in [-0.2, -0.15) is 0 Å². The molecular weight excluding hydrogens is 276 g/mol. The third kappa shape index (κ3) is 5.03. The predicted octanol–water partition coefficient (Wildman–Crippen LogP) is 0.896. The van der Waals surface area contributed by atoms with Gasteiger partial charge in [-0.3, -0.25) is 4.79 Å². The summed E-state index contributed by atoms with van der Waals surface area (Å²) < 4.78 is 24.4. The van der Waals surface area contributed by atoms with Crippen LogP contribution in [0.5, 0.6) is 0 Å². The summed E-state index contributed by atoms with van der Waals surface area (Å²) in [5, 5.41) is 3.15. The zero-order chi connectivity index (χ0) is 13.6. The summed E-state index contributed by atoms with van der Waals surface area (Å²) in [7, 11) is -3.34. The Morgan fingerprint density at radius 1 is 1.33 bits per heavy atom. The predicted molar refractivity (Wildman–Crippen MR) is 70.8 cm³/mol. The number of carbonyl (C=O) groups excluding carboxylic acids is 1. The lowest BCUT2D eigenvalue weighted by molar-refractivity contribution is -0.120. The molecule has 1 amide bonds. The molecule has 1 aromatic rings. The number of halogens is 1. The molecule has 0 radical (unpaired) electrons. The SMILES string of the molecule is CCS(=O)(=O)NCC(=O)NCc1ccccc1Cl. The molecule has 7 heteroatoms. The Labute approximate surface area is 112 Å². The van der Waals surface area contributed by atoms with Gasteiger partial charge in [0.1, 0.15) is 0 Å². The van der Waals surface area contributed by atoms with E-state index in [1.165, 1.54) is 6.92 Å². The fourth-order valence-corrected chi connectivity index (χ4v) is 1.93. The number of hydrogen-bond acceptors (Lipinski definition) is 3. The summed E-state index contributed by atoms with van der Waals surface area (Å²) in [4.78, 5) is 11.4. The number of benzene rings is 1. The van der Waals surface area contributed by atoms with Crippen molar-refractivity contribution in [3.8, 4) is 0 Å².